The second-order valence-corrected chi connectivity index (χ2v) is 5.93. The number of hydrogen-bond donors (Lipinski definition) is 1. The summed E-state index contributed by atoms with van der Waals surface area (Å²) >= 11 is 1.48. The molecule has 112 valence electrons. The van der Waals surface area contributed by atoms with Crippen LogP contribution in [0.3, 0.4) is 0 Å². The van der Waals surface area contributed by atoms with Gasteiger partial charge in [0.25, 0.3) is 0 Å². The molecule has 20 heavy (non-hydrogen) atoms. The number of carboxylic acid groups (broad SMARTS) is 1. The molecule has 0 aliphatic carbocycles. The standard InChI is InChI=1S/C13H22N4O2S/c1-15-6-8-17(9-7-15)5-4-10-11(12(18)19)14-13(20-3)16(10)2/h4-9H2,1-3H3,(H,18,19). The monoisotopic (exact) mass is 298 g/mol. The average molecular weight is 298 g/mol. The second-order valence-electron chi connectivity index (χ2n) is 5.15. The lowest BCUT2D eigenvalue weighted by molar-refractivity contribution is 0.0689. The molecule has 1 aliphatic heterocycles. The van der Waals surface area contributed by atoms with E-state index in [1.54, 1.807) is 0 Å². The van der Waals surface area contributed by atoms with Crippen LogP contribution in [0.2, 0.25) is 0 Å². The molecule has 6 nitrogen and oxygen atoms in total. The summed E-state index contributed by atoms with van der Waals surface area (Å²) in [5.41, 5.74) is 1.02. The molecule has 7 heteroatoms. The first-order valence-corrected chi connectivity index (χ1v) is 7.99. The Bertz CT molecular complexity index is 481. The van der Waals surface area contributed by atoms with Crippen LogP contribution in [0.4, 0.5) is 0 Å². The van der Waals surface area contributed by atoms with Crippen LogP contribution in [0, 0.1) is 0 Å². The first kappa shape index (κ1) is 15.3. The van der Waals surface area contributed by atoms with Gasteiger partial charge in [0.15, 0.2) is 10.9 Å². The molecule has 2 heterocycles. The Morgan fingerprint density at radius 2 is 1.95 bits per heavy atom. The van der Waals surface area contributed by atoms with E-state index >= 15 is 0 Å². The Balaban J connectivity index is 2.05. The zero-order valence-corrected chi connectivity index (χ0v) is 13.1. The molecule has 2 rings (SSSR count). The Hall–Kier alpha value is -1.05. The molecule has 0 radical (unpaired) electrons. The van der Waals surface area contributed by atoms with Crippen LogP contribution >= 0.6 is 11.8 Å². The zero-order chi connectivity index (χ0) is 14.7. The summed E-state index contributed by atoms with van der Waals surface area (Å²) in [5, 5.41) is 10.0. The van der Waals surface area contributed by atoms with Gasteiger partial charge in [-0.15, -0.1) is 0 Å². The largest absolute Gasteiger partial charge is 0.476 e. The minimum Gasteiger partial charge on any atom is -0.476 e. The SMILES string of the molecule is CSc1nc(C(=O)O)c(CCN2CCN(C)CC2)n1C. The molecule has 0 saturated carbocycles. The van der Waals surface area contributed by atoms with E-state index in [2.05, 4.69) is 21.8 Å². The van der Waals surface area contributed by atoms with Crippen molar-refractivity contribution < 1.29 is 9.90 Å². The Labute approximate surface area is 123 Å². The normalized spacial score (nSPS) is 17.6. The molecule has 1 N–H and O–H groups in total. The Kier molecular flexibility index (Phi) is 5.06. The van der Waals surface area contributed by atoms with E-state index in [0.29, 0.717) is 0 Å². The first-order chi connectivity index (χ1) is 9.52. The smallest absolute Gasteiger partial charge is 0.356 e. The number of carboxylic acids is 1. The fraction of sp³-hybridized carbons (Fsp3) is 0.692. The Morgan fingerprint density at radius 3 is 2.50 bits per heavy atom. The van der Waals surface area contributed by atoms with Gasteiger partial charge in [-0.2, -0.15) is 0 Å². The fourth-order valence-electron chi connectivity index (χ4n) is 2.48. The topological polar surface area (TPSA) is 61.6 Å². The molecular weight excluding hydrogens is 276 g/mol. The van der Waals surface area contributed by atoms with Crippen molar-refractivity contribution in [3.05, 3.63) is 11.4 Å². The maximum absolute atomic E-state index is 11.3. The highest BCUT2D eigenvalue weighted by Crippen LogP contribution is 2.19. The number of aromatic carboxylic acids is 1. The number of imidazole rings is 1. The molecule has 1 saturated heterocycles. The van der Waals surface area contributed by atoms with Gasteiger partial charge < -0.3 is 19.5 Å². The summed E-state index contributed by atoms with van der Waals surface area (Å²) < 4.78 is 1.91. The average Bonchev–Trinajstić information content (AvgIpc) is 2.75. The van der Waals surface area contributed by atoms with Crippen LogP contribution in [0.15, 0.2) is 5.16 Å². The quantitative estimate of drug-likeness (QED) is 0.805. The number of likely N-dealkylation sites (N-methyl/N-ethyl adjacent to an activating group) is 1. The highest BCUT2D eigenvalue weighted by molar-refractivity contribution is 7.98. The lowest BCUT2D eigenvalue weighted by atomic mass is 10.2. The molecule has 0 aromatic carbocycles. The van der Waals surface area contributed by atoms with E-state index in [0.717, 1.165) is 50.0 Å². The number of carbonyl (C=O) groups is 1. The second kappa shape index (κ2) is 6.60. The van der Waals surface area contributed by atoms with Gasteiger partial charge in [0.05, 0.1) is 5.69 Å². The highest BCUT2D eigenvalue weighted by Gasteiger charge is 2.21. The molecule has 0 atom stereocenters. The van der Waals surface area contributed by atoms with Gasteiger partial charge in [-0.3, -0.25) is 0 Å². The molecule has 0 bridgehead atoms. The lowest BCUT2D eigenvalue weighted by Crippen LogP contribution is -2.45. The van der Waals surface area contributed by atoms with Crippen molar-refractivity contribution in [1.29, 1.82) is 0 Å². The molecule has 1 aliphatic rings. The van der Waals surface area contributed by atoms with Crippen LogP contribution in [0.1, 0.15) is 16.2 Å². The lowest BCUT2D eigenvalue weighted by Gasteiger charge is -2.32. The number of piperazine rings is 1. The third-order valence-electron chi connectivity index (χ3n) is 3.82. The fourth-order valence-corrected chi connectivity index (χ4v) is 3.05. The number of thioether (sulfide) groups is 1. The van der Waals surface area contributed by atoms with Crippen molar-refractivity contribution in [1.82, 2.24) is 19.4 Å². The predicted octanol–water partition coefficient (Wildman–Crippen LogP) is 0.630. The molecule has 0 unspecified atom stereocenters. The van der Waals surface area contributed by atoms with Crippen LogP contribution in [0.25, 0.3) is 0 Å². The van der Waals surface area contributed by atoms with Crippen LogP contribution in [-0.4, -0.2) is 76.5 Å². The highest BCUT2D eigenvalue weighted by atomic mass is 32.2. The summed E-state index contributed by atoms with van der Waals surface area (Å²) in [6, 6.07) is 0. The van der Waals surface area contributed by atoms with Gasteiger partial charge in [0.2, 0.25) is 0 Å². The summed E-state index contributed by atoms with van der Waals surface area (Å²) in [4.78, 5) is 20.2. The molecule has 0 amide bonds. The summed E-state index contributed by atoms with van der Waals surface area (Å²) in [6.45, 7) is 5.14. The van der Waals surface area contributed by atoms with Gasteiger partial charge in [0, 0.05) is 46.2 Å². The molecule has 1 fully saturated rings. The number of rotatable bonds is 5. The molecule has 1 aromatic heterocycles. The van der Waals surface area contributed by atoms with E-state index in [-0.39, 0.29) is 5.69 Å². The predicted molar refractivity (Wildman–Crippen MR) is 79.6 cm³/mol. The maximum Gasteiger partial charge on any atom is 0.356 e. The van der Waals surface area contributed by atoms with Crippen molar-refractivity contribution in [2.45, 2.75) is 11.6 Å². The minimum atomic E-state index is -0.936. The van der Waals surface area contributed by atoms with Crippen molar-refractivity contribution >= 4 is 17.7 Å². The summed E-state index contributed by atoms with van der Waals surface area (Å²) in [6.07, 6.45) is 2.65. The number of hydrogen-bond acceptors (Lipinski definition) is 5. The first-order valence-electron chi connectivity index (χ1n) is 6.76. The number of aromatic nitrogens is 2. The van der Waals surface area contributed by atoms with Gasteiger partial charge >= 0.3 is 5.97 Å². The van der Waals surface area contributed by atoms with Gasteiger partial charge in [-0.25, -0.2) is 9.78 Å². The van der Waals surface area contributed by atoms with Crippen molar-refractivity contribution in [2.24, 2.45) is 7.05 Å². The summed E-state index contributed by atoms with van der Waals surface area (Å²) in [5.74, 6) is -0.936. The van der Waals surface area contributed by atoms with E-state index in [9.17, 15) is 9.90 Å². The molecule has 1 aromatic rings. The number of nitrogens with zero attached hydrogens (tertiary/aromatic N) is 4. The third-order valence-corrected chi connectivity index (χ3v) is 4.55. The van der Waals surface area contributed by atoms with Crippen LogP contribution in [-0.2, 0) is 13.5 Å². The molecular formula is C13H22N4O2S. The van der Waals surface area contributed by atoms with Crippen molar-refractivity contribution in [2.75, 3.05) is 46.0 Å². The van der Waals surface area contributed by atoms with E-state index < -0.39 is 5.97 Å². The van der Waals surface area contributed by atoms with Crippen molar-refractivity contribution in [3.63, 3.8) is 0 Å². The van der Waals surface area contributed by atoms with Gasteiger partial charge in [-0.1, -0.05) is 11.8 Å². The Morgan fingerprint density at radius 1 is 1.30 bits per heavy atom. The van der Waals surface area contributed by atoms with Crippen molar-refractivity contribution in [3.8, 4) is 0 Å². The van der Waals surface area contributed by atoms with Crippen LogP contribution < -0.4 is 0 Å². The van der Waals surface area contributed by atoms with Crippen LogP contribution in [0.5, 0.6) is 0 Å². The van der Waals surface area contributed by atoms with E-state index in [1.807, 2.05) is 17.9 Å². The third kappa shape index (κ3) is 3.34. The maximum atomic E-state index is 11.3. The summed E-state index contributed by atoms with van der Waals surface area (Å²) in [7, 11) is 4.02. The van der Waals surface area contributed by atoms with Gasteiger partial charge in [0.1, 0.15) is 0 Å². The van der Waals surface area contributed by atoms with E-state index in [1.165, 1.54) is 11.8 Å². The van der Waals surface area contributed by atoms with Gasteiger partial charge in [-0.05, 0) is 13.3 Å². The molecule has 0 spiro atoms. The zero-order valence-electron chi connectivity index (χ0n) is 12.3. The van der Waals surface area contributed by atoms with E-state index in [4.69, 9.17) is 0 Å². The minimum absolute atomic E-state index is 0.200.